The molecule has 2 heterocycles. The predicted molar refractivity (Wildman–Crippen MR) is 133 cm³/mol. The number of anilines is 3. The van der Waals surface area contributed by atoms with E-state index in [0.717, 1.165) is 16.3 Å². The van der Waals surface area contributed by atoms with Crippen molar-refractivity contribution >= 4 is 39.8 Å². The van der Waals surface area contributed by atoms with E-state index in [9.17, 15) is 9.59 Å². The second-order valence-electron chi connectivity index (χ2n) is 7.69. The number of ether oxygens (including phenoxy) is 1. The van der Waals surface area contributed by atoms with Gasteiger partial charge in [-0.15, -0.1) is 0 Å². The molecular formula is C25H26N6O4. The molecule has 10 nitrogen and oxygen atoms in total. The van der Waals surface area contributed by atoms with Crippen LogP contribution in [0.5, 0.6) is 0 Å². The quantitative estimate of drug-likeness (QED) is 0.305. The van der Waals surface area contributed by atoms with E-state index in [1.165, 1.54) is 0 Å². The Balaban J connectivity index is 1.44. The highest BCUT2D eigenvalue weighted by atomic mass is 16.5. The van der Waals surface area contributed by atoms with Gasteiger partial charge < -0.3 is 25.2 Å². The zero-order chi connectivity index (χ0) is 24.8. The normalized spacial score (nSPS) is 10.7. The van der Waals surface area contributed by atoms with Gasteiger partial charge in [0.1, 0.15) is 5.82 Å². The first kappa shape index (κ1) is 23.7. The van der Waals surface area contributed by atoms with Crippen LogP contribution in [0.3, 0.4) is 0 Å². The highest BCUT2D eigenvalue weighted by Gasteiger charge is 2.13. The molecule has 35 heavy (non-hydrogen) atoms. The SMILES string of the molecule is CCOC(=O)c1ccc(NC)c(NC(=O)CCNc2nccc3ccc(-c4noc(C)n4)cc23)c1. The maximum Gasteiger partial charge on any atom is 0.338 e. The van der Waals surface area contributed by atoms with Crippen molar-refractivity contribution < 1.29 is 18.8 Å². The van der Waals surface area contributed by atoms with E-state index in [0.29, 0.717) is 41.0 Å². The molecule has 4 rings (SSSR count). The van der Waals surface area contributed by atoms with Gasteiger partial charge in [0, 0.05) is 44.1 Å². The summed E-state index contributed by atoms with van der Waals surface area (Å²) in [5.41, 5.74) is 2.38. The minimum absolute atomic E-state index is 0.189. The fourth-order valence-corrected chi connectivity index (χ4v) is 3.58. The number of carbonyl (C=O) groups is 2. The Morgan fingerprint density at radius 1 is 1.09 bits per heavy atom. The molecule has 10 heteroatoms. The predicted octanol–water partition coefficient (Wildman–Crippen LogP) is 4.25. The third-order valence-corrected chi connectivity index (χ3v) is 5.27. The van der Waals surface area contributed by atoms with Gasteiger partial charge in [-0.1, -0.05) is 17.3 Å². The van der Waals surface area contributed by atoms with Gasteiger partial charge in [-0.05, 0) is 42.6 Å². The molecule has 1 amide bonds. The molecule has 0 saturated carbocycles. The van der Waals surface area contributed by atoms with Gasteiger partial charge in [0.25, 0.3) is 0 Å². The van der Waals surface area contributed by atoms with Gasteiger partial charge in [-0.3, -0.25) is 4.79 Å². The van der Waals surface area contributed by atoms with Crippen LogP contribution in [0.1, 0.15) is 29.6 Å². The van der Waals surface area contributed by atoms with E-state index in [2.05, 4.69) is 31.1 Å². The number of nitrogens with zero attached hydrogens (tertiary/aromatic N) is 3. The molecule has 2 aromatic carbocycles. The third-order valence-electron chi connectivity index (χ3n) is 5.27. The molecule has 0 bridgehead atoms. The van der Waals surface area contributed by atoms with Crippen LogP contribution < -0.4 is 16.0 Å². The zero-order valence-electron chi connectivity index (χ0n) is 19.7. The molecule has 0 spiro atoms. The Morgan fingerprint density at radius 3 is 2.69 bits per heavy atom. The largest absolute Gasteiger partial charge is 0.462 e. The summed E-state index contributed by atoms with van der Waals surface area (Å²) in [6.07, 6.45) is 1.90. The smallest absolute Gasteiger partial charge is 0.338 e. The number of aryl methyl sites for hydroxylation is 1. The van der Waals surface area contributed by atoms with Crippen LogP contribution >= 0.6 is 0 Å². The Kier molecular flexibility index (Phi) is 7.20. The van der Waals surface area contributed by atoms with Gasteiger partial charge in [-0.2, -0.15) is 4.98 Å². The molecule has 0 radical (unpaired) electrons. The first-order valence-electron chi connectivity index (χ1n) is 11.2. The molecule has 3 N–H and O–H groups in total. The number of benzene rings is 2. The summed E-state index contributed by atoms with van der Waals surface area (Å²) < 4.78 is 10.1. The number of hydrogen-bond acceptors (Lipinski definition) is 9. The van der Waals surface area contributed by atoms with Crippen molar-refractivity contribution in [3.05, 3.63) is 60.1 Å². The van der Waals surface area contributed by atoms with Crippen LogP contribution in [-0.4, -0.2) is 47.2 Å². The summed E-state index contributed by atoms with van der Waals surface area (Å²) in [6, 6.07) is 12.7. The topological polar surface area (TPSA) is 131 Å². The molecule has 4 aromatic rings. The molecule has 0 unspecified atom stereocenters. The lowest BCUT2D eigenvalue weighted by atomic mass is 10.1. The average molecular weight is 475 g/mol. The van der Waals surface area contributed by atoms with Crippen LogP contribution in [0.4, 0.5) is 17.2 Å². The minimum atomic E-state index is -0.440. The van der Waals surface area contributed by atoms with Crippen molar-refractivity contribution in [3.63, 3.8) is 0 Å². The van der Waals surface area contributed by atoms with Crippen molar-refractivity contribution in [3.8, 4) is 11.4 Å². The molecule has 0 fully saturated rings. The van der Waals surface area contributed by atoms with Crippen LogP contribution in [0.15, 0.2) is 53.2 Å². The summed E-state index contributed by atoms with van der Waals surface area (Å²) in [7, 11) is 1.74. The second kappa shape index (κ2) is 10.6. The van der Waals surface area contributed by atoms with Gasteiger partial charge >= 0.3 is 5.97 Å². The molecular weight excluding hydrogens is 448 g/mol. The number of esters is 1. The summed E-state index contributed by atoms with van der Waals surface area (Å²) in [5.74, 6) is 0.995. The molecule has 0 saturated heterocycles. The molecule has 0 aliphatic carbocycles. The number of hydrogen-bond donors (Lipinski definition) is 3. The Morgan fingerprint density at radius 2 is 1.94 bits per heavy atom. The van der Waals surface area contributed by atoms with Crippen molar-refractivity contribution in [1.82, 2.24) is 15.1 Å². The fraction of sp³-hybridized carbons (Fsp3) is 0.240. The Hall–Kier alpha value is -4.47. The molecule has 180 valence electrons. The van der Waals surface area contributed by atoms with E-state index in [-0.39, 0.29) is 18.9 Å². The van der Waals surface area contributed by atoms with Crippen molar-refractivity contribution in [2.75, 3.05) is 36.1 Å². The number of aromatic nitrogens is 3. The van der Waals surface area contributed by atoms with Crippen LogP contribution in [0.2, 0.25) is 0 Å². The number of rotatable bonds is 9. The Labute approximate surface area is 202 Å². The van der Waals surface area contributed by atoms with Gasteiger partial charge in [0.2, 0.25) is 17.6 Å². The maximum absolute atomic E-state index is 12.6. The highest BCUT2D eigenvalue weighted by molar-refractivity contribution is 5.98. The number of nitrogens with one attached hydrogen (secondary N) is 3. The monoisotopic (exact) mass is 474 g/mol. The van der Waals surface area contributed by atoms with Crippen LogP contribution in [0.25, 0.3) is 22.2 Å². The molecule has 0 atom stereocenters. The minimum Gasteiger partial charge on any atom is -0.462 e. The first-order chi connectivity index (χ1) is 17.0. The Bertz CT molecular complexity index is 1370. The number of fused-ring (bicyclic) bond motifs is 1. The fourth-order valence-electron chi connectivity index (χ4n) is 3.58. The second-order valence-corrected chi connectivity index (χ2v) is 7.69. The van der Waals surface area contributed by atoms with E-state index >= 15 is 0 Å². The van der Waals surface area contributed by atoms with Crippen molar-refractivity contribution in [2.45, 2.75) is 20.3 Å². The number of carbonyl (C=O) groups excluding carboxylic acids is 2. The molecule has 0 aliphatic heterocycles. The van der Waals surface area contributed by atoms with Gasteiger partial charge in [-0.25, -0.2) is 9.78 Å². The van der Waals surface area contributed by atoms with E-state index in [1.807, 2.05) is 24.3 Å². The van der Waals surface area contributed by atoms with Crippen LogP contribution in [0, 0.1) is 6.92 Å². The molecule has 0 aliphatic rings. The lowest BCUT2D eigenvalue weighted by Gasteiger charge is -2.13. The maximum atomic E-state index is 12.6. The average Bonchev–Trinajstić information content (AvgIpc) is 3.30. The third kappa shape index (κ3) is 5.55. The highest BCUT2D eigenvalue weighted by Crippen LogP contribution is 2.27. The lowest BCUT2D eigenvalue weighted by molar-refractivity contribution is -0.115. The van der Waals surface area contributed by atoms with Gasteiger partial charge in [0.15, 0.2) is 0 Å². The van der Waals surface area contributed by atoms with E-state index in [1.54, 1.807) is 45.3 Å². The standard InChI is InChI=1S/C25H26N6O4/c1-4-34-25(33)18-7-8-20(26-3)21(14-18)30-22(32)10-12-28-24-19-13-17(23-29-15(2)35-31-23)6-5-16(19)9-11-27-24/h5-9,11,13-14,26H,4,10,12H2,1-3H3,(H,27,28)(H,30,32). The lowest BCUT2D eigenvalue weighted by Crippen LogP contribution is -2.18. The van der Waals surface area contributed by atoms with E-state index in [4.69, 9.17) is 9.26 Å². The van der Waals surface area contributed by atoms with Crippen LogP contribution in [-0.2, 0) is 9.53 Å². The summed E-state index contributed by atoms with van der Waals surface area (Å²) in [5, 5.41) is 15.0. The summed E-state index contributed by atoms with van der Waals surface area (Å²) in [4.78, 5) is 33.4. The number of pyridine rings is 1. The summed E-state index contributed by atoms with van der Waals surface area (Å²) >= 11 is 0. The van der Waals surface area contributed by atoms with Gasteiger partial charge in [0.05, 0.1) is 23.5 Å². The number of amides is 1. The zero-order valence-corrected chi connectivity index (χ0v) is 19.7. The van der Waals surface area contributed by atoms with E-state index < -0.39 is 5.97 Å². The molecule has 2 aromatic heterocycles. The van der Waals surface area contributed by atoms with Crippen molar-refractivity contribution in [2.24, 2.45) is 0 Å². The first-order valence-corrected chi connectivity index (χ1v) is 11.2. The summed E-state index contributed by atoms with van der Waals surface area (Å²) in [6.45, 7) is 4.12. The van der Waals surface area contributed by atoms with Crippen molar-refractivity contribution in [1.29, 1.82) is 0 Å².